The standard InChI is InChI=1S/C21H26N2O6S2/c1-15(24)23-17-6-8-19(9-7-17)31(27,28)21-14-30(25,26)13-20(21)22-11-10-16-4-3-5-18(12-16)29-2/h3-9,12,20-22H,10-11,13-14H2,1-2H3,(H,23,24)/t20-,21-/m0/s1. The zero-order valence-corrected chi connectivity index (χ0v) is 19.0. The predicted octanol–water partition coefficient (Wildman–Crippen LogP) is 1.43. The van der Waals surface area contributed by atoms with Crippen LogP contribution >= 0.6 is 0 Å². The minimum Gasteiger partial charge on any atom is -0.497 e. The van der Waals surface area contributed by atoms with Crippen LogP contribution in [0.5, 0.6) is 5.75 Å². The lowest BCUT2D eigenvalue weighted by Gasteiger charge is -2.20. The van der Waals surface area contributed by atoms with Crippen molar-refractivity contribution >= 4 is 31.3 Å². The number of sulfone groups is 2. The first kappa shape index (κ1) is 23.2. The van der Waals surface area contributed by atoms with E-state index in [0.717, 1.165) is 11.3 Å². The van der Waals surface area contributed by atoms with E-state index in [9.17, 15) is 21.6 Å². The van der Waals surface area contributed by atoms with Crippen LogP contribution in [-0.2, 0) is 30.9 Å². The number of hydrogen-bond acceptors (Lipinski definition) is 7. The Balaban J connectivity index is 1.73. The molecule has 1 saturated heterocycles. The lowest BCUT2D eigenvalue weighted by atomic mass is 10.1. The molecule has 0 aliphatic carbocycles. The van der Waals surface area contributed by atoms with Gasteiger partial charge >= 0.3 is 0 Å². The van der Waals surface area contributed by atoms with Crippen molar-refractivity contribution < 1.29 is 26.4 Å². The number of nitrogens with one attached hydrogen (secondary N) is 2. The summed E-state index contributed by atoms with van der Waals surface area (Å²) in [6, 6.07) is 12.6. The molecule has 31 heavy (non-hydrogen) atoms. The summed E-state index contributed by atoms with van der Waals surface area (Å²) in [5, 5.41) is 4.63. The van der Waals surface area contributed by atoms with Crippen LogP contribution in [0.25, 0.3) is 0 Å². The van der Waals surface area contributed by atoms with Crippen molar-refractivity contribution in [3.05, 3.63) is 54.1 Å². The van der Waals surface area contributed by atoms with Crippen molar-refractivity contribution in [1.82, 2.24) is 5.32 Å². The molecule has 2 aromatic carbocycles. The average molecular weight is 467 g/mol. The molecule has 0 spiro atoms. The van der Waals surface area contributed by atoms with Crippen LogP contribution in [-0.4, -0.2) is 59.2 Å². The first-order chi connectivity index (χ1) is 14.6. The van der Waals surface area contributed by atoms with Gasteiger partial charge in [0.1, 0.15) is 5.75 Å². The van der Waals surface area contributed by atoms with Gasteiger partial charge in [-0.05, 0) is 54.9 Å². The molecule has 0 aromatic heterocycles. The Hall–Kier alpha value is -2.43. The van der Waals surface area contributed by atoms with Crippen molar-refractivity contribution in [3.63, 3.8) is 0 Å². The molecule has 3 rings (SSSR count). The average Bonchev–Trinajstić information content (AvgIpc) is 3.03. The van der Waals surface area contributed by atoms with E-state index in [4.69, 9.17) is 4.74 Å². The van der Waals surface area contributed by atoms with Crippen LogP contribution < -0.4 is 15.4 Å². The van der Waals surface area contributed by atoms with Crippen molar-refractivity contribution in [2.45, 2.75) is 29.5 Å². The van der Waals surface area contributed by atoms with E-state index >= 15 is 0 Å². The largest absolute Gasteiger partial charge is 0.497 e. The number of benzene rings is 2. The highest BCUT2D eigenvalue weighted by molar-refractivity contribution is 7.96. The summed E-state index contributed by atoms with van der Waals surface area (Å²) >= 11 is 0. The first-order valence-electron chi connectivity index (χ1n) is 9.79. The molecule has 0 bridgehead atoms. The fraction of sp³-hybridized carbons (Fsp3) is 0.381. The van der Waals surface area contributed by atoms with Crippen LogP contribution in [0.3, 0.4) is 0 Å². The van der Waals surface area contributed by atoms with E-state index in [0.29, 0.717) is 18.7 Å². The zero-order chi connectivity index (χ0) is 22.6. The number of carbonyl (C=O) groups excluding carboxylic acids is 1. The summed E-state index contributed by atoms with van der Waals surface area (Å²) in [5.41, 5.74) is 1.47. The summed E-state index contributed by atoms with van der Waals surface area (Å²) in [7, 11) is -5.79. The SMILES string of the molecule is COc1cccc(CCN[C@H]2CS(=O)(=O)C[C@@H]2S(=O)(=O)c2ccc(NC(C)=O)cc2)c1. The number of carbonyl (C=O) groups is 1. The Labute approximate surface area is 182 Å². The van der Waals surface area contributed by atoms with Gasteiger partial charge in [0.25, 0.3) is 0 Å². The molecule has 1 aliphatic heterocycles. The molecule has 0 radical (unpaired) electrons. The van der Waals surface area contributed by atoms with Crippen molar-refractivity contribution in [3.8, 4) is 5.75 Å². The summed E-state index contributed by atoms with van der Waals surface area (Å²) in [6.07, 6.45) is 0.603. The van der Waals surface area contributed by atoms with Gasteiger partial charge in [0.2, 0.25) is 5.91 Å². The molecule has 8 nitrogen and oxygen atoms in total. The number of methoxy groups -OCH3 is 1. The fourth-order valence-electron chi connectivity index (χ4n) is 3.65. The van der Waals surface area contributed by atoms with Crippen molar-refractivity contribution in [2.24, 2.45) is 0 Å². The molecule has 2 N–H and O–H groups in total. The lowest BCUT2D eigenvalue weighted by Crippen LogP contribution is -2.44. The zero-order valence-electron chi connectivity index (χ0n) is 17.4. The molecule has 0 unspecified atom stereocenters. The number of rotatable bonds is 8. The van der Waals surface area contributed by atoms with Gasteiger partial charge in [-0.1, -0.05) is 12.1 Å². The molecule has 2 aromatic rings. The van der Waals surface area contributed by atoms with Gasteiger partial charge < -0.3 is 15.4 Å². The third-order valence-electron chi connectivity index (χ3n) is 5.16. The smallest absolute Gasteiger partial charge is 0.221 e. The van der Waals surface area contributed by atoms with Crippen LogP contribution in [0.15, 0.2) is 53.4 Å². The Bertz CT molecular complexity index is 1140. The second-order valence-corrected chi connectivity index (χ2v) is 11.8. The van der Waals surface area contributed by atoms with Gasteiger partial charge in [-0.2, -0.15) is 0 Å². The van der Waals surface area contributed by atoms with Crippen LogP contribution in [0, 0.1) is 0 Å². The third-order valence-corrected chi connectivity index (χ3v) is 9.32. The fourth-order valence-corrected chi connectivity index (χ4v) is 8.36. The quantitative estimate of drug-likeness (QED) is 0.604. The van der Waals surface area contributed by atoms with E-state index in [2.05, 4.69) is 10.6 Å². The number of amides is 1. The predicted molar refractivity (Wildman–Crippen MR) is 119 cm³/mol. The Kier molecular flexibility index (Phi) is 7.03. The monoisotopic (exact) mass is 466 g/mol. The molecule has 1 heterocycles. The number of ether oxygens (including phenoxy) is 1. The first-order valence-corrected chi connectivity index (χ1v) is 13.2. The van der Waals surface area contributed by atoms with E-state index in [-0.39, 0.29) is 16.6 Å². The minimum atomic E-state index is -3.88. The molecule has 2 atom stereocenters. The maximum Gasteiger partial charge on any atom is 0.221 e. The third kappa shape index (κ3) is 5.84. The molecule has 10 heteroatoms. The van der Waals surface area contributed by atoms with Crippen molar-refractivity contribution in [1.29, 1.82) is 0 Å². The van der Waals surface area contributed by atoms with Gasteiger partial charge in [-0.3, -0.25) is 4.79 Å². The topological polar surface area (TPSA) is 119 Å². The second-order valence-electron chi connectivity index (χ2n) is 7.53. The maximum atomic E-state index is 13.2. The highest BCUT2D eigenvalue weighted by Gasteiger charge is 2.45. The van der Waals surface area contributed by atoms with Gasteiger partial charge in [0, 0.05) is 18.7 Å². The molecule has 1 aliphatic rings. The normalized spacial score (nSPS) is 20.3. The Morgan fingerprint density at radius 3 is 2.48 bits per heavy atom. The summed E-state index contributed by atoms with van der Waals surface area (Å²) in [5.74, 6) is -0.180. The number of hydrogen-bond donors (Lipinski definition) is 2. The Morgan fingerprint density at radius 2 is 1.84 bits per heavy atom. The van der Waals surface area contributed by atoms with Gasteiger partial charge in [-0.25, -0.2) is 16.8 Å². The van der Waals surface area contributed by atoms with Gasteiger partial charge in [-0.15, -0.1) is 0 Å². The van der Waals surface area contributed by atoms with Crippen LogP contribution in [0.1, 0.15) is 12.5 Å². The van der Waals surface area contributed by atoms with E-state index < -0.39 is 36.7 Å². The van der Waals surface area contributed by atoms with Gasteiger partial charge in [0.05, 0.1) is 28.8 Å². The molecule has 1 amide bonds. The lowest BCUT2D eigenvalue weighted by molar-refractivity contribution is -0.114. The highest BCUT2D eigenvalue weighted by atomic mass is 32.2. The minimum absolute atomic E-state index is 0.0308. The van der Waals surface area contributed by atoms with E-state index in [1.807, 2.05) is 24.3 Å². The highest BCUT2D eigenvalue weighted by Crippen LogP contribution is 2.27. The maximum absolute atomic E-state index is 13.2. The molecular weight excluding hydrogens is 440 g/mol. The summed E-state index contributed by atoms with van der Waals surface area (Å²) in [4.78, 5) is 11.2. The van der Waals surface area contributed by atoms with E-state index in [1.54, 1.807) is 7.11 Å². The summed E-state index contributed by atoms with van der Waals surface area (Å²) in [6.45, 7) is 1.79. The van der Waals surface area contributed by atoms with Crippen LogP contribution in [0.2, 0.25) is 0 Å². The Morgan fingerprint density at radius 1 is 1.13 bits per heavy atom. The van der Waals surface area contributed by atoms with Crippen molar-refractivity contribution in [2.75, 3.05) is 30.5 Å². The molecule has 1 fully saturated rings. The summed E-state index contributed by atoms with van der Waals surface area (Å²) < 4.78 is 56.1. The van der Waals surface area contributed by atoms with E-state index in [1.165, 1.54) is 31.2 Å². The molecule has 168 valence electrons. The number of anilines is 1. The molecule has 0 saturated carbocycles. The second kappa shape index (κ2) is 9.37. The van der Waals surface area contributed by atoms with Gasteiger partial charge in [0.15, 0.2) is 19.7 Å². The molecular formula is C21H26N2O6S2. The van der Waals surface area contributed by atoms with Crippen LogP contribution in [0.4, 0.5) is 5.69 Å².